The Kier molecular flexibility index (Phi) is 6.75. The summed E-state index contributed by atoms with van der Waals surface area (Å²) in [7, 11) is 0. The van der Waals surface area contributed by atoms with Crippen LogP contribution in [0, 0.1) is 0 Å². The number of nitrogens with zero attached hydrogens (tertiary/aromatic N) is 6. The van der Waals surface area contributed by atoms with Crippen molar-refractivity contribution in [3.8, 4) is 11.4 Å². The van der Waals surface area contributed by atoms with Crippen LogP contribution in [0.4, 0.5) is 0 Å². The predicted molar refractivity (Wildman–Crippen MR) is 145 cm³/mol. The van der Waals surface area contributed by atoms with E-state index in [1.807, 2.05) is 41.9 Å². The van der Waals surface area contributed by atoms with E-state index in [1.165, 1.54) is 0 Å². The van der Waals surface area contributed by atoms with Crippen molar-refractivity contribution in [1.82, 2.24) is 39.9 Å². The Morgan fingerprint density at radius 3 is 2.89 bits per heavy atom. The zero-order valence-electron chi connectivity index (χ0n) is 20.9. The molecular formula is C27H27ClN8O2. The lowest BCUT2D eigenvalue weighted by molar-refractivity contribution is 0.0361. The lowest BCUT2D eigenvalue weighted by atomic mass is 10.1. The van der Waals surface area contributed by atoms with Crippen LogP contribution in [0.1, 0.15) is 28.9 Å². The molecule has 1 saturated heterocycles. The maximum atomic E-state index is 13.2. The summed E-state index contributed by atoms with van der Waals surface area (Å²) in [5.74, 6) is -0.244. The molecule has 38 heavy (non-hydrogen) atoms. The van der Waals surface area contributed by atoms with Crippen LogP contribution in [0.25, 0.3) is 33.5 Å². The highest BCUT2D eigenvalue weighted by Crippen LogP contribution is 2.30. The molecular weight excluding hydrogens is 504 g/mol. The van der Waals surface area contributed by atoms with Gasteiger partial charge in [-0.15, -0.1) is 0 Å². The third kappa shape index (κ3) is 4.85. The van der Waals surface area contributed by atoms with E-state index >= 15 is 0 Å². The molecule has 0 aliphatic carbocycles. The zero-order chi connectivity index (χ0) is 26.1. The maximum absolute atomic E-state index is 13.2. The quantitative estimate of drug-likeness (QED) is 0.328. The lowest BCUT2D eigenvalue weighted by Crippen LogP contribution is -2.38. The number of carbonyl (C=O) groups excluding carboxylic acids is 1. The normalized spacial score (nSPS) is 15.2. The molecule has 1 atom stereocenters. The van der Waals surface area contributed by atoms with Crippen LogP contribution >= 0.6 is 11.6 Å². The molecule has 1 aliphatic rings. The number of amides is 1. The summed E-state index contributed by atoms with van der Waals surface area (Å²) in [6, 6.07) is 9.29. The van der Waals surface area contributed by atoms with E-state index in [4.69, 9.17) is 26.4 Å². The number of rotatable bonds is 7. The minimum Gasteiger partial charge on any atom is -0.379 e. The van der Waals surface area contributed by atoms with Gasteiger partial charge in [0.15, 0.2) is 5.65 Å². The second-order valence-corrected chi connectivity index (χ2v) is 9.76. The summed E-state index contributed by atoms with van der Waals surface area (Å²) >= 11 is 6.35. The van der Waals surface area contributed by atoms with Crippen LogP contribution < -0.4 is 5.32 Å². The first-order valence-electron chi connectivity index (χ1n) is 12.6. The number of pyridine rings is 1. The molecule has 0 radical (unpaired) electrons. The Bertz CT molecular complexity index is 1590. The van der Waals surface area contributed by atoms with Crippen molar-refractivity contribution in [3.63, 3.8) is 0 Å². The molecule has 4 aromatic heterocycles. The van der Waals surface area contributed by atoms with Gasteiger partial charge < -0.3 is 15.0 Å². The molecule has 2 N–H and O–H groups in total. The molecule has 11 heteroatoms. The number of H-pyrrole nitrogens is 1. The van der Waals surface area contributed by atoms with E-state index in [0.717, 1.165) is 49.3 Å². The Labute approximate surface area is 224 Å². The van der Waals surface area contributed by atoms with Crippen molar-refractivity contribution >= 4 is 39.6 Å². The maximum Gasteiger partial charge on any atom is 0.255 e. The van der Waals surface area contributed by atoms with Crippen molar-refractivity contribution in [1.29, 1.82) is 0 Å². The number of hydrogen-bond acceptors (Lipinski definition) is 7. The van der Waals surface area contributed by atoms with Gasteiger partial charge in [-0.2, -0.15) is 5.10 Å². The third-order valence-electron chi connectivity index (χ3n) is 6.85. The van der Waals surface area contributed by atoms with Crippen LogP contribution in [0.3, 0.4) is 0 Å². The molecule has 0 bridgehead atoms. The van der Waals surface area contributed by atoms with Crippen LogP contribution in [0.15, 0.2) is 55.1 Å². The molecule has 1 aliphatic heterocycles. The van der Waals surface area contributed by atoms with Gasteiger partial charge in [-0.25, -0.2) is 9.97 Å². The van der Waals surface area contributed by atoms with Gasteiger partial charge in [0.05, 0.1) is 43.1 Å². The number of aromatic nitrogens is 6. The molecule has 1 fully saturated rings. The fraction of sp³-hybridized carbons (Fsp3) is 0.296. The second kappa shape index (κ2) is 10.5. The molecule has 5 aromatic rings. The minimum atomic E-state index is -0.244. The van der Waals surface area contributed by atoms with Crippen molar-refractivity contribution in [2.24, 2.45) is 0 Å². The van der Waals surface area contributed by atoms with Crippen LogP contribution in [-0.2, 0) is 11.3 Å². The number of ether oxygens (including phenoxy) is 1. The molecule has 10 nitrogen and oxygen atoms in total. The van der Waals surface area contributed by atoms with E-state index < -0.39 is 0 Å². The molecule has 5 heterocycles. The summed E-state index contributed by atoms with van der Waals surface area (Å²) in [6.45, 7) is 6.80. The summed E-state index contributed by atoms with van der Waals surface area (Å²) in [5.41, 5.74) is 4.58. The molecule has 6 rings (SSSR count). The topological polar surface area (TPSA) is 114 Å². The fourth-order valence-electron chi connectivity index (χ4n) is 4.74. The van der Waals surface area contributed by atoms with Gasteiger partial charge in [-0.1, -0.05) is 17.7 Å². The highest BCUT2D eigenvalue weighted by Gasteiger charge is 2.20. The highest BCUT2D eigenvalue weighted by molar-refractivity contribution is 6.31. The first kappa shape index (κ1) is 24.5. The second-order valence-electron chi connectivity index (χ2n) is 9.32. The molecule has 1 aromatic carbocycles. The first-order valence-corrected chi connectivity index (χ1v) is 13.0. The summed E-state index contributed by atoms with van der Waals surface area (Å²) in [4.78, 5) is 32.1. The van der Waals surface area contributed by atoms with Crippen molar-refractivity contribution in [2.45, 2.75) is 19.5 Å². The highest BCUT2D eigenvalue weighted by atomic mass is 35.5. The largest absolute Gasteiger partial charge is 0.379 e. The van der Waals surface area contributed by atoms with Crippen LogP contribution in [0.2, 0.25) is 5.02 Å². The number of morpholine rings is 1. The summed E-state index contributed by atoms with van der Waals surface area (Å²) in [6.07, 6.45) is 6.77. The standard InChI is InChI=1S/C27H27ClN8O2/c1-17(18-3-2-6-29-14-18)32-27(37)21-15-30-26-25(21)33-22(16-31-26)24-20-5-4-19(28)13-23(20)36(34-24)8-7-35-9-11-38-12-10-35/h2-6,13-17H,7-12H2,1H3,(H,30,31)(H,32,37). The Balaban J connectivity index is 1.32. The first-order chi connectivity index (χ1) is 18.6. The van der Waals surface area contributed by atoms with Crippen molar-refractivity contribution in [3.05, 3.63) is 71.3 Å². The molecule has 1 unspecified atom stereocenters. The van der Waals surface area contributed by atoms with Gasteiger partial charge in [-0.05, 0) is 36.8 Å². The smallest absolute Gasteiger partial charge is 0.255 e. The van der Waals surface area contributed by atoms with Gasteiger partial charge in [-0.3, -0.25) is 19.4 Å². The van der Waals surface area contributed by atoms with Gasteiger partial charge in [0, 0.05) is 48.6 Å². The monoisotopic (exact) mass is 530 g/mol. The van der Waals surface area contributed by atoms with Crippen molar-refractivity contribution < 1.29 is 9.53 Å². The van der Waals surface area contributed by atoms with Crippen LogP contribution in [0.5, 0.6) is 0 Å². The Morgan fingerprint density at radius 1 is 1.21 bits per heavy atom. The van der Waals surface area contributed by atoms with E-state index in [1.54, 1.807) is 24.8 Å². The fourth-order valence-corrected chi connectivity index (χ4v) is 4.90. The van der Waals surface area contributed by atoms with E-state index in [9.17, 15) is 4.79 Å². The average Bonchev–Trinajstić information content (AvgIpc) is 3.54. The molecule has 1 amide bonds. The number of aromatic amines is 1. The van der Waals surface area contributed by atoms with Crippen molar-refractivity contribution in [2.75, 3.05) is 32.8 Å². The minimum absolute atomic E-state index is 0.215. The number of hydrogen-bond donors (Lipinski definition) is 2. The number of carbonyl (C=O) groups is 1. The SMILES string of the molecule is CC(NC(=O)c1c[nH]c2ncc(-c3nn(CCN4CCOCC4)c4cc(Cl)ccc34)nc12)c1cccnc1. The third-order valence-corrected chi connectivity index (χ3v) is 7.08. The van der Waals surface area contributed by atoms with Gasteiger partial charge in [0.2, 0.25) is 0 Å². The van der Waals surface area contributed by atoms with E-state index in [2.05, 4.69) is 25.2 Å². The van der Waals surface area contributed by atoms with Crippen LogP contribution in [-0.4, -0.2) is 73.4 Å². The van der Waals surface area contributed by atoms with Gasteiger partial charge in [0.25, 0.3) is 5.91 Å². The van der Waals surface area contributed by atoms with E-state index in [0.29, 0.717) is 39.7 Å². The average molecular weight is 531 g/mol. The number of benzene rings is 1. The summed E-state index contributed by atoms with van der Waals surface area (Å²) < 4.78 is 7.44. The Morgan fingerprint density at radius 2 is 2.08 bits per heavy atom. The zero-order valence-corrected chi connectivity index (χ0v) is 21.6. The summed E-state index contributed by atoms with van der Waals surface area (Å²) in [5, 5.41) is 9.51. The molecule has 194 valence electrons. The molecule has 0 spiro atoms. The molecule has 0 saturated carbocycles. The number of fused-ring (bicyclic) bond motifs is 2. The predicted octanol–water partition coefficient (Wildman–Crippen LogP) is 3.85. The number of nitrogens with one attached hydrogen (secondary N) is 2. The Hall–Kier alpha value is -3.86. The van der Waals surface area contributed by atoms with E-state index in [-0.39, 0.29) is 11.9 Å². The van der Waals surface area contributed by atoms with Gasteiger partial charge >= 0.3 is 0 Å². The lowest BCUT2D eigenvalue weighted by Gasteiger charge is -2.26. The van der Waals surface area contributed by atoms with Gasteiger partial charge in [0.1, 0.15) is 16.9 Å². The number of halogens is 1.